The first kappa shape index (κ1) is 25.1. The van der Waals surface area contributed by atoms with Crippen molar-refractivity contribution in [2.75, 3.05) is 33.1 Å². The molecule has 2 aliphatic rings. The van der Waals surface area contributed by atoms with E-state index in [1.807, 2.05) is 4.90 Å². The van der Waals surface area contributed by atoms with Crippen LogP contribution in [0, 0.1) is 17.2 Å². The number of nitrogens with zero attached hydrogens (tertiary/aromatic N) is 2. The SMILES string of the molecule is COC(=O)[C@H]1C(=O)NC(SCC(=O)N2CCCCCC2)=C(C#N)[C@H]1c1ccc(OC)c(Br)c1. The maximum atomic E-state index is 12.9. The van der Waals surface area contributed by atoms with Crippen molar-refractivity contribution in [2.24, 2.45) is 5.92 Å². The minimum Gasteiger partial charge on any atom is -0.496 e. The van der Waals surface area contributed by atoms with Gasteiger partial charge < -0.3 is 19.7 Å². The Morgan fingerprint density at radius 2 is 1.94 bits per heavy atom. The molecule has 0 radical (unpaired) electrons. The molecule has 0 spiro atoms. The fraction of sp³-hybridized carbons (Fsp3) is 0.478. The number of allylic oxidation sites excluding steroid dienone is 1. The molecule has 0 unspecified atom stereocenters. The third-order valence-corrected chi connectivity index (χ3v) is 7.44. The average Bonchev–Trinajstić information content (AvgIpc) is 3.11. The zero-order valence-electron chi connectivity index (χ0n) is 18.6. The molecule has 1 aromatic rings. The van der Waals surface area contributed by atoms with E-state index in [0.717, 1.165) is 50.5 Å². The Morgan fingerprint density at radius 1 is 1.24 bits per heavy atom. The van der Waals surface area contributed by atoms with E-state index in [-0.39, 0.29) is 17.2 Å². The molecule has 1 aromatic carbocycles. The Kier molecular flexibility index (Phi) is 8.80. The second-order valence-corrected chi connectivity index (χ2v) is 9.64. The van der Waals surface area contributed by atoms with Crippen molar-refractivity contribution in [3.05, 3.63) is 38.8 Å². The van der Waals surface area contributed by atoms with E-state index in [9.17, 15) is 19.6 Å². The van der Waals surface area contributed by atoms with E-state index < -0.39 is 23.7 Å². The number of rotatable bonds is 6. The second-order valence-electron chi connectivity index (χ2n) is 7.80. The van der Waals surface area contributed by atoms with Crippen molar-refractivity contribution in [1.82, 2.24) is 10.2 Å². The van der Waals surface area contributed by atoms with Crippen LogP contribution in [0.4, 0.5) is 0 Å². The second kappa shape index (κ2) is 11.6. The van der Waals surface area contributed by atoms with Gasteiger partial charge in [-0.3, -0.25) is 14.4 Å². The first-order valence-corrected chi connectivity index (χ1v) is 12.5. The highest BCUT2D eigenvalue weighted by Crippen LogP contribution is 2.42. The zero-order chi connectivity index (χ0) is 24.0. The summed E-state index contributed by atoms with van der Waals surface area (Å²) in [6.45, 7) is 1.45. The van der Waals surface area contributed by atoms with Gasteiger partial charge in [-0.05, 0) is 46.5 Å². The molecule has 3 rings (SSSR count). The van der Waals surface area contributed by atoms with Gasteiger partial charge in [0, 0.05) is 19.0 Å². The molecule has 0 aromatic heterocycles. The minimum atomic E-state index is -1.23. The van der Waals surface area contributed by atoms with Crippen molar-refractivity contribution in [3.8, 4) is 11.8 Å². The highest BCUT2D eigenvalue weighted by Gasteiger charge is 2.44. The molecule has 8 nitrogen and oxygen atoms in total. The van der Waals surface area contributed by atoms with Gasteiger partial charge in [0.25, 0.3) is 0 Å². The predicted octanol–water partition coefficient (Wildman–Crippen LogP) is 3.33. The fourth-order valence-electron chi connectivity index (χ4n) is 4.10. The lowest BCUT2D eigenvalue weighted by Crippen LogP contribution is -2.44. The third kappa shape index (κ3) is 5.71. The van der Waals surface area contributed by atoms with Crippen LogP contribution in [0.5, 0.6) is 5.75 Å². The lowest BCUT2D eigenvalue weighted by Gasteiger charge is -2.31. The van der Waals surface area contributed by atoms with E-state index in [2.05, 4.69) is 27.3 Å². The van der Waals surface area contributed by atoms with Gasteiger partial charge >= 0.3 is 5.97 Å². The molecule has 2 aliphatic heterocycles. The van der Waals surface area contributed by atoms with Crippen molar-refractivity contribution in [3.63, 3.8) is 0 Å². The summed E-state index contributed by atoms with van der Waals surface area (Å²) in [5, 5.41) is 13.0. The van der Waals surface area contributed by atoms with Crippen molar-refractivity contribution >= 4 is 45.5 Å². The van der Waals surface area contributed by atoms with Crippen LogP contribution in [0.3, 0.4) is 0 Å². The van der Waals surface area contributed by atoms with Gasteiger partial charge in [0.1, 0.15) is 11.7 Å². The number of benzene rings is 1. The largest absolute Gasteiger partial charge is 0.496 e. The van der Waals surface area contributed by atoms with Gasteiger partial charge in [-0.1, -0.05) is 30.7 Å². The molecule has 176 valence electrons. The summed E-state index contributed by atoms with van der Waals surface area (Å²) in [5.74, 6) is -2.73. The third-order valence-electron chi connectivity index (χ3n) is 5.82. The summed E-state index contributed by atoms with van der Waals surface area (Å²) in [6.07, 6.45) is 4.19. The van der Waals surface area contributed by atoms with Gasteiger partial charge in [-0.15, -0.1) is 0 Å². The van der Waals surface area contributed by atoms with Crippen LogP contribution in [0.2, 0.25) is 0 Å². The van der Waals surface area contributed by atoms with E-state index in [1.54, 1.807) is 18.2 Å². The Balaban J connectivity index is 1.94. The number of methoxy groups -OCH3 is 2. The molecule has 33 heavy (non-hydrogen) atoms. The van der Waals surface area contributed by atoms with Crippen LogP contribution < -0.4 is 10.1 Å². The summed E-state index contributed by atoms with van der Waals surface area (Å²) in [5.41, 5.74) is 0.803. The lowest BCUT2D eigenvalue weighted by molar-refractivity contribution is -0.150. The molecule has 1 N–H and O–H groups in total. The Hall–Kier alpha value is -2.51. The summed E-state index contributed by atoms with van der Waals surface area (Å²) in [7, 11) is 2.73. The summed E-state index contributed by atoms with van der Waals surface area (Å²) >= 11 is 4.54. The summed E-state index contributed by atoms with van der Waals surface area (Å²) in [4.78, 5) is 40.1. The number of hydrogen-bond acceptors (Lipinski definition) is 7. The number of nitriles is 1. The molecule has 10 heteroatoms. The number of carbonyl (C=O) groups is 3. The topological polar surface area (TPSA) is 109 Å². The predicted molar refractivity (Wildman–Crippen MR) is 127 cm³/mol. The number of halogens is 1. The van der Waals surface area contributed by atoms with Crippen LogP contribution in [0.1, 0.15) is 37.2 Å². The first-order chi connectivity index (χ1) is 15.9. The number of amides is 2. The van der Waals surface area contributed by atoms with Crippen LogP contribution in [0.15, 0.2) is 33.3 Å². The van der Waals surface area contributed by atoms with Crippen molar-refractivity contribution in [1.29, 1.82) is 5.26 Å². The monoisotopic (exact) mass is 535 g/mol. The molecule has 2 heterocycles. The molecule has 2 amide bonds. The molecule has 1 fully saturated rings. The van der Waals surface area contributed by atoms with Crippen molar-refractivity contribution in [2.45, 2.75) is 31.6 Å². The highest BCUT2D eigenvalue weighted by atomic mass is 79.9. The molecule has 1 saturated heterocycles. The number of hydrogen-bond donors (Lipinski definition) is 1. The normalized spacial score (nSPS) is 21.0. The van der Waals surface area contributed by atoms with Gasteiger partial charge in [-0.25, -0.2) is 0 Å². The van der Waals surface area contributed by atoms with Gasteiger partial charge in [0.05, 0.1) is 41.1 Å². The van der Waals surface area contributed by atoms with Gasteiger partial charge in [0.2, 0.25) is 11.8 Å². The Bertz CT molecular complexity index is 998. The molecule has 0 bridgehead atoms. The molecular formula is C23H26BrN3O5S. The number of esters is 1. The standard InChI is InChI=1S/C23H26BrN3O5S/c1-31-17-8-7-14(11-16(17)24)19-15(12-25)22(26-21(29)20(19)23(30)32-2)33-13-18(28)27-9-5-3-4-6-10-27/h7-8,11,19-20H,3-6,9-10,13H2,1-2H3,(H,26,29)/t19-,20-/m1/s1. The molecule has 0 aliphatic carbocycles. The first-order valence-electron chi connectivity index (χ1n) is 10.7. The maximum absolute atomic E-state index is 12.9. The van der Waals surface area contributed by atoms with Crippen molar-refractivity contribution < 1.29 is 23.9 Å². The number of carbonyl (C=O) groups excluding carboxylic acids is 3. The smallest absolute Gasteiger partial charge is 0.319 e. The van der Waals surface area contributed by atoms with Crippen LogP contribution >= 0.6 is 27.7 Å². The summed E-state index contributed by atoms with van der Waals surface area (Å²) in [6, 6.07) is 7.29. The zero-order valence-corrected chi connectivity index (χ0v) is 21.0. The Labute approximate surface area is 205 Å². The van der Waals surface area contributed by atoms with Crippen LogP contribution in [-0.2, 0) is 19.1 Å². The molecule has 0 saturated carbocycles. The van der Waals surface area contributed by atoms with Gasteiger partial charge in [-0.2, -0.15) is 5.26 Å². The fourth-order valence-corrected chi connectivity index (χ4v) is 5.61. The quantitative estimate of drug-likeness (QED) is 0.439. The van der Waals surface area contributed by atoms with Crippen LogP contribution in [-0.4, -0.2) is 55.7 Å². The Morgan fingerprint density at radius 3 is 2.52 bits per heavy atom. The lowest BCUT2D eigenvalue weighted by atomic mass is 9.78. The number of nitrogens with one attached hydrogen (secondary N) is 1. The number of likely N-dealkylation sites (tertiary alicyclic amines) is 1. The molecular weight excluding hydrogens is 510 g/mol. The van der Waals surface area contributed by atoms with E-state index in [1.165, 1.54) is 14.2 Å². The average molecular weight is 536 g/mol. The number of ether oxygens (including phenoxy) is 2. The summed E-state index contributed by atoms with van der Waals surface area (Å²) < 4.78 is 10.8. The number of thioether (sulfide) groups is 1. The highest BCUT2D eigenvalue weighted by molar-refractivity contribution is 9.10. The van der Waals surface area contributed by atoms with Gasteiger partial charge in [0.15, 0.2) is 0 Å². The van der Waals surface area contributed by atoms with E-state index in [4.69, 9.17) is 9.47 Å². The minimum absolute atomic E-state index is 0.0280. The van der Waals surface area contributed by atoms with E-state index in [0.29, 0.717) is 20.8 Å². The van der Waals surface area contributed by atoms with E-state index >= 15 is 0 Å². The molecule has 2 atom stereocenters. The maximum Gasteiger partial charge on any atom is 0.319 e. The van der Waals surface area contributed by atoms with Crippen LogP contribution in [0.25, 0.3) is 0 Å².